The fourth-order valence-electron chi connectivity index (χ4n) is 3.21. The third-order valence-electron chi connectivity index (χ3n) is 4.81. The summed E-state index contributed by atoms with van der Waals surface area (Å²) in [5.74, 6) is 0. The average molecular weight is 390 g/mol. The Bertz CT molecular complexity index is 303. The van der Waals surface area contributed by atoms with Gasteiger partial charge in [-0.3, -0.25) is 0 Å². The Hall–Kier alpha value is 0.0169. The van der Waals surface area contributed by atoms with Crippen LogP contribution in [0.4, 0.5) is 0 Å². The van der Waals surface area contributed by atoms with Crippen LogP contribution < -0.4 is 5.32 Å². The molecule has 0 atom stereocenters. The average Bonchev–Trinajstić information content (AvgIpc) is 2.61. The molecule has 0 aliphatic heterocycles. The van der Waals surface area contributed by atoms with E-state index in [2.05, 4.69) is 56.4 Å². The van der Waals surface area contributed by atoms with Gasteiger partial charge in [0, 0.05) is 13.2 Å². The third-order valence-corrected chi connectivity index (χ3v) is 7.87. The van der Waals surface area contributed by atoms with Gasteiger partial charge in [-0.2, -0.15) is 0 Å². The first-order valence-electron chi connectivity index (χ1n) is 10.9. The van der Waals surface area contributed by atoms with Gasteiger partial charge in [0.1, 0.15) is 0 Å². The molecule has 0 aromatic carbocycles. The molecule has 0 bridgehead atoms. The lowest BCUT2D eigenvalue weighted by Gasteiger charge is -2.28. The summed E-state index contributed by atoms with van der Waals surface area (Å²) in [6, 6.07) is 1.09. The van der Waals surface area contributed by atoms with Gasteiger partial charge in [-0.1, -0.05) is 13.8 Å². The Kier molecular flexibility index (Phi) is 17.1. The van der Waals surface area contributed by atoms with Gasteiger partial charge in [0.05, 0.1) is 0 Å². The van der Waals surface area contributed by atoms with Crippen molar-refractivity contribution in [2.24, 2.45) is 0 Å². The minimum absolute atomic E-state index is 0.763. The summed E-state index contributed by atoms with van der Waals surface area (Å²) in [6.07, 6.45) is 4.87. The molecular formula is C20H47N3O2Si. The number of hydrogen-bond donors (Lipinski definition) is 1. The van der Waals surface area contributed by atoms with Gasteiger partial charge in [0.2, 0.25) is 0 Å². The zero-order valence-electron chi connectivity index (χ0n) is 18.6. The Morgan fingerprint density at radius 1 is 0.808 bits per heavy atom. The number of nitrogens with zero attached hydrogens (tertiary/aromatic N) is 2. The molecule has 0 saturated heterocycles. The molecule has 0 aromatic heterocycles. The fraction of sp³-hybridized carbons (Fsp3) is 1.00. The van der Waals surface area contributed by atoms with Crippen molar-refractivity contribution in [2.75, 3.05) is 66.1 Å². The highest BCUT2D eigenvalue weighted by atomic mass is 28.4. The summed E-state index contributed by atoms with van der Waals surface area (Å²) in [5, 5.41) is 3.52. The molecule has 1 N–H and O–H groups in total. The molecule has 6 heteroatoms. The highest BCUT2D eigenvalue weighted by molar-refractivity contribution is 6.66. The second kappa shape index (κ2) is 17.1. The lowest BCUT2D eigenvalue weighted by atomic mass is 10.3. The predicted molar refractivity (Wildman–Crippen MR) is 116 cm³/mol. The van der Waals surface area contributed by atoms with E-state index >= 15 is 0 Å². The molecule has 0 unspecified atom stereocenters. The molecule has 0 radical (unpaired) electrons. The van der Waals surface area contributed by atoms with Gasteiger partial charge in [0.25, 0.3) is 0 Å². The molecule has 5 nitrogen and oxygen atoms in total. The van der Waals surface area contributed by atoms with Crippen LogP contribution in [0.1, 0.15) is 53.4 Å². The van der Waals surface area contributed by atoms with Crippen LogP contribution in [0.25, 0.3) is 0 Å². The van der Waals surface area contributed by atoms with Crippen LogP contribution in [-0.2, 0) is 8.85 Å². The predicted octanol–water partition coefficient (Wildman–Crippen LogP) is 3.56. The van der Waals surface area contributed by atoms with Crippen LogP contribution in [0.5, 0.6) is 0 Å². The highest BCUT2D eigenvalue weighted by Gasteiger charge is 2.30. The van der Waals surface area contributed by atoms with Crippen LogP contribution >= 0.6 is 0 Å². The van der Waals surface area contributed by atoms with E-state index in [1.54, 1.807) is 0 Å². The molecule has 0 spiro atoms. The first-order valence-corrected chi connectivity index (χ1v) is 13.4. The summed E-state index contributed by atoms with van der Waals surface area (Å²) < 4.78 is 12.0. The van der Waals surface area contributed by atoms with E-state index in [-0.39, 0.29) is 0 Å². The smallest absolute Gasteiger partial charge is 0.334 e. The van der Waals surface area contributed by atoms with Crippen molar-refractivity contribution >= 4 is 8.56 Å². The quantitative estimate of drug-likeness (QED) is 0.270. The summed E-state index contributed by atoms with van der Waals surface area (Å²) >= 11 is 0. The molecular weight excluding hydrogens is 342 g/mol. The highest BCUT2D eigenvalue weighted by Crippen LogP contribution is 2.16. The monoisotopic (exact) mass is 389 g/mol. The van der Waals surface area contributed by atoms with Gasteiger partial charge in [0.15, 0.2) is 0 Å². The van der Waals surface area contributed by atoms with Gasteiger partial charge in [-0.25, -0.2) is 0 Å². The summed E-state index contributed by atoms with van der Waals surface area (Å²) in [7, 11) is 0.241. The third kappa shape index (κ3) is 14.1. The first kappa shape index (κ1) is 26.0. The molecule has 0 saturated carbocycles. The molecule has 0 fully saturated rings. The maximum Gasteiger partial charge on any atom is 0.334 e. The lowest BCUT2D eigenvalue weighted by molar-refractivity contribution is 0.184. The second-order valence-electron chi connectivity index (χ2n) is 7.30. The van der Waals surface area contributed by atoms with E-state index in [0.29, 0.717) is 0 Å². The molecule has 0 amide bonds. The van der Waals surface area contributed by atoms with Crippen molar-refractivity contribution in [1.82, 2.24) is 15.1 Å². The normalized spacial score (nSPS) is 12.5. The van der Waals surface area contributed by atoms with Crippen molar-refractivity contribution in [3.05, 3.63) is 0 Å². The summed E-state index contributed by atoms with van der Waals surface area (Å²) in [6.45, 7) is 20.5. The minimum Gasteiger partial charge on any atom is -0.395 e. The first-order chi connectivity index (χ1) is 12.5. The summed E-state index contributed by atoms with van der Waals surface area (Å²) in [4.78, 5) is 5.04. The largest absolute Gasteiger partial charge is 0.395 e. The molecule has 0 rings (SSSR count). The van der Waals surface area contributed by atoms with E-state index in [1.165, 1.54) is 45.3 Å². The van der Waals surface area contributed by atoms with Gasteiger partial charge < -0.3 is 24.0 Å². The molecule has 0 aromatic rings. The summed E-state index contributed by atoms with van der Waals surface area (Å²) in [5.41, 5.74) is 0. The van der Waals surface area contributed by atoms with Crippen LogP contribution in [0.2, 0.25) is 12.6 Å². The Morgan fingerprint density at radius 2 is 1.42 bits per heavy atom. The van der Waals surface area contributed by atoms with Crippen LogP contribution in [0.15, 0.2) is 0 Å². The van der Waals surface area contributed by atoms with Gasteiger partial charge >= 0.3 is 8.56 Å². The number of nitrogens with one attached hydrogen (secondary N) is 1. The van der Waals surface area contributed by atoms with Crippen LogP contribution in [0, 0.1) is 0 Å². The van der Waals surface area contributed by atoms with Crippen molar-refractivity contribution < 1.29 is 8.85 Å². The zero-order valence-corrected chi connectivity index (χ0v) is 19.6. The van der Waals surface area contributed by atoms with E-state index in [0.717, 1.165) is 45.4 Å². The van der Waals surface area contributed by atoms with Crippen molar-refractivity contribution in [3.8, 4) is 0 Å². The van der Waals surface area contributed by atoms with E-state index < -0.39 is 8.56 Å². The van der Waals surface area contributed by atoms with Crippen molar-refractivity contribution in [3.63, 3.8) is 0 Å². The zero-order chi connectivity index (χ0) is 19.7. The molecule has 158 valence electrons. The maximum absolute atomic E-state index is 5.99. The molecule has 26 heavy (non-hydrogen) atoms. The van der Waals surface area contributed by atoms with Crippen molar-refractivity contribution in [1.29, 1.82) is 0 Å². The Balaban J connectivity index is 4.29. The van der Waals surface area contributed by atoms with E-state index in [9.17, 15) is 0 Å². The lowest BCUT2D eigenvalue weighted by Crippen LogP contribution is -2.40. The van der Waals surface area contributed by atoms with Gasteiger partial charge in [-0.15, -0.1) is 0 Å². The molecule has 0 heterocycles. The topological polar surface area (TPSA) is 37.0 Å². The Morgan fingerprint density at radius 3 is 2.00 bits per heavy atom. The minimum atomic E-state index is -1.97. The van der Waals surface area contributed by atoms with E-state index in [1.807, 2.05) is 0 Å². The van der Waals surface area contributed by atoms with Crippen LogP contribution in [-0.4, -0.2) is 84.4 Å². The number of hydrogen-bond acceptors (Lipinski definition) is 5. The fourth-order valence-corrected chi connectivity index (χ4v) is 5.60. The molecule has 0 aliphatic rings. The van der Waals surface area contributed by atoms with Crippen molar-refractivity contribution in [2.45, 2.75) is 66.0 Å². The second-order valence-corrected chi connectivity index (χ2v) is 10.6. The molecule has 0 aliphatic carbocycles. The van der Waals surface area contributed by atoms with Crippen LogP contribution in [0.3, 0.4) is 0 Å². The number of rotatable bonds is 19. The standard InChI is InChI=1S/C20H47N3O2Si/c1-7-14-21-15-11-17-23(18-12-16-22(5)8-2)19-13-20-26(6,24-9-3)25-10-4/h21H,7-20H2,1-6H3. The maximum atomic E-state index is 5.99. The van der Waals surface area contributed by atoms with Gasteiger partial charge in [-0.05, 0) is 105 Å². The van der Waals surface area contributed by atoms with E-state index in [4.69, 9.17) is 8.85 Å². The Labute approximate surface area is 165 Å². The SMILES string of the molecule is CCCNCCCN(CCCN(C)CC)CCC[Si](C)(OCC)OCC.